The van der Waals surface area contributed by atoms with E-state index < -0.39 is 5.60 Å². The van der Waals surface area contributed by atoms with E-state index in [9.17, 15) is 10.1 Å². The zero-order chi connectivity index (χ0) is 28.2. The molecule has 2 atom stereocenters. The lowest BCUT2D eigenvalue weighted by molar-refractivity contribution is 0.0218. The molecule has 3 aliphatic rings. The Bertz CT molecular complexity index is 1500. The number of anilines is 2. The molecule has 2 N–H and O–H groups in total. The molecule has 3 aromatic heterocycles. The first-order valence-corrected chi connectivity index (χ1v) is 14.8. The first-order chi connectivity index (χ1) is 19.1. The summed E-state index contributed by atoms with van der Waals surface area (Å²) in [4.78, 5) is 27.2. The van der Waals surface area contributed by atoms with Crippen LogP contribution in [-0.4, -0.2) is 57.4 Å². The molecule has 0 bridgehead atoms. The van der Waals surface area contributed by atoms with Crippen LogP contribution in [-0.2, 0) is 23.0 Å². The van der Waals surface area contributed by atoms with E-state index in [0.717, 1.165) is 66.8 Å². The van der Waals surface area contributed by atoms with Gasteiger partial charge in [-0.1, -0.05) is 5.16 Å². The summed E-state index contributed by atoms with van der Waals surface area (Å²) in [5, 5.41) is 15.1. The minimum absolute atomic E-state index is 0.0140. The van der Waals surface area contributed by atoms with Crippen LogP contribution in [0.15, 0.2) is 16.8 Å². The lowest BCUT2D eigenvalue weighted by atomic mass is 9.63. The Labute approximate surface area is 238 Å². The van der Waals surface area contributed by atoms with Crippen molar-refractivity contribution < 1.29 is 14.1 Å². The van der Waals surface area contributed by atoms with Gasteiger partial charge in [0.25, 0.3) is 0 Å². The predicted octanol–water partition coefficient (Wildman–Crippen LogP) is 5.05. The molecule has 40 heavy (non-hydrogen) atoms. The number of nitriles is 1. The maximum absolute atomic E-state index is 12.6. The number of nitrogen functional groups attached to an aromatic ring is 1. The zero-order valence-corrected chi connectivity index (χ0v) is 24.3. The molecule has 1 amide bonds. The Morgan fingerprint density at radius 2 is 2.05 bits per heavy atom. The fourth-order valence-electron chi connectivity index (χ4n) is 6.61. The summed E-state index contributed by atoms with van der Waals surface area (Å²) in [6.45, 7) is 9.34. The smallest absolute Gasteiger partial charge is 0.410 e. The number of hydrogen-bond acceptors (Lipinski definition) is 10. The van der Waals surface area contributed by atoms with Gasteiger partial charge in [-0.25, -0.2) is 14.8 Å². The van der Waals surface area contributed by atoms with Gasteiger partial charge >= 0.3 is 6.09 Å². The third-order valence-electron chi connectivity index (χ3n) is 8.28. The second-order valence-electron chi connectivity index (χ2n) is 12.1. The molecular weight excluding hydrogens is 526 g/mol. The Kier molecular flexibility index (Phi) is 6.49. The van der Waals surface area contributed by atoms with Crippen molar-refractivity contribution in [1.29, 1.82) is 5.26 Å². The number of aromatic nitrogens is 3. The Morgan fingerprint density at radius 3 is 2.77 bits per heavy atom. The lowest BCUT2D eigenvalue weighted by Gasteiger charge is -2.40. The minimum Gasteiger partial charge on any atom is -0.444 e. The number of aryl methyl sites for hydroxylation is 1. The van der Waals surface area contributed by atoms with Crippen LogP contribution in [0.1, 0.15) is 80.7 Å². The highest BCUT2D eigenvalue weighted by Gasteiger charge is 2.48. The summed E-state index contributed by atoms with van der Waals surface area (Å²) in [5.74, 6) is 1.47. The number of piperazine rings is 1. The van der Waals surface area contributed by atoms with Crippen molar-refractivity contribution in [2.45, 2.75) is 83.3 Å². The van der Waals surface area contributed by atoms with Crippen LogP contribution in [0.5, 0.6) is 0 Å². The third-order valence-corrected chi connectivity index (χ3v) is 9.36. The molecule has 1 aliphatic heterocycles. The quantitative estimate of drug-likeness (QED) is 0.456. The van der Waals surface area contributed by atoms with E-state index in [1.54, 1.807) is 22.4 Å². The average molecular weight is 562 g/mol. The van der Waals surface area contributed by atoms with Gasteiger partial charge in [0.2, 0.25) is 5.95 Å². The number of nitrogens with zero attached hydrogens (tertiary/aromatic N) is 6. The van der Waals surface area contributed by atoms with Crippen molar-refractivity contribution in [2.75, 3.05) is 30.3 Å². The maximum Gasteiger partial charge on any atom is 0.410 e. The van der Waals surface area contributed by atoms with Crippen LogP contribution < -0.4 is 10.6 Å². The van der Waals surface area contributed by atoms with Gasteiger partial charge in [0.05, 0.1) is 16.7 Å². The second kappa shape index (κ2) is 9.77. The number of carbonyl (C=O) groups excluding carboxylic acids is 1. The molecule has 2 aliphatic carbocycles. The minimum atomic E-state index is -0.532. The molecule has 0 unspecified atom stereocenters. The fraction of sp³-hybridized carbons (Fsp3) is 0.552. The highest BCUT2D eigenvalue weighted by Crippen LogP contribution is 2.55. The maximum atomic E-state index is 12.6. The van der Waals surface area contributed by atoms with Crippen molar-refractivity contribution in [1.82, 2.24) is 20.0 Å². The van der Waals surface area contributed by atoms with E-state index in [1.807, 2.05) is 26.8 Å². The topological polar surface area (TPSA) is 134 Å². The van der Waals surface area contributed by atoms with Crippen LogP contribution in [0.3, 0.4) is 0 Å². The molecule has 6 rings (SSSR count). The van der Waals surface area contributed by atoms with Crippen molar-refractivity contribution in [2.24, 2.45) is 0 Å². The Hall–Kier alpha value is -3.65. The lowest BCUT2D eigenvalue weighted by Crippen LogP contribution is -2.55. The molecule has 0 saturated carbocycles. The van der Waals surface area contributed by atoms with Gasteiger partial charge in [-0.2, -0.15) is 5.26 Å². The number of hydrogen-bond donors (Lipinski definition) is 1. The highest BCUT2D eigenvalue weighted by atomic mass is 32.1. The molecule has 0 aromatic carbocycles. The number of nitrogens with two attached hydrogens (primary N) is 1. The summed E-state index contributed by atoms with van der Waals surface area (Å²) in [7, 11) is 0. The molecular formula is C29H35N7O3S. The number of fused-ring (bicyclic) bond motifs is 4. The van der Waals surface area contributed by atoms with Gasteiger partial charge in [-0.3, -0.25) is 0 Å². The number of thiophene rings is 1. The largest absolute Gasteiger partial charge is 0.444 e. The number of carbonyl (C=O) groups is 1. The van der Waals surface area contributed by atoms with Crippen molar-refractivity contribution in [3.05, 3.63) is 39.6 Å². The molecule has 10 nitrogen and oxygen atoms in total. The van der Waals surface area contributed by atoms with E-state index in [2.05, 4.69) is 28.0 Å². The SMILES string of the molecule is C[C@H]1CN(C(=O)OC(C)(C)C)CCN1c1nccc(-c2noc3c2CCC[C@@]32CCCc3sc(N)c(C#N)c32)n1. The molecule has 11 heteroatoms. The van der Waals surface area contributed by atoms with Gasteiger partial charge < -0.3 is 24.8 Å². The molecule has 3 aromatic rings. The molecule has 210 valence electrons. The summed E-state index contributed by atoms with van der Waals surface area (Å²) < 4.78 is 11.7. The molecule has 1 spiro atoms. The van der Waals surface area contributed by atoms with Gasteiger partial charge in [-0.05, 0) is 77.8 Å². The molecule has 1 saturated heterocycles. The molecule has 4 heterocycles. The van der Waals surface area contributed by atoms with E-state index in [0.29, 0.717) is 36.1 Å². The fourth-order valence-corrected chi connectivity index (χ4v) is 7.77. The average Bonchev–Trinajstić information content (AvgIpc) is 3.50. The normalized spacial score (nSPS) is 22.5. The van der Waals surface area contributed by atoms with Gasteiger partial charge in [-0.15, -0.1) is 11.3 Å². The standard InChI is InChI=1S/C29H35N7O3S/c1-17-16-35(27(37)38-28(2,3)4)13-14-36(17)26-32-12-9-20(33-26)23-18-7-5-10-29(24(18)39-34-23)11-6-8-21-22(29)19(15-30)25(31)40-21/h9,12,17H,5-8,10-11,13-14,16,31H2,1-4H3/t17-,29-/m0/s1. The first kappa shape index (κ1) is 26.6. The summed E-state index contributed by atoms with van der Waals surface area (Å²) in [6.07, 6.45) is 7.09. The van der Waals surface area contributed by atoms with E-state index in [-0.39, 0.29) is 17.6 Å². The number of ether oxygens (including phenoxy) is 1. The number of rotatable bonds is 2. The Morgan fingerprint density at radius 1 is 1.27 bits per heavy atom. The van der Waals surface area contributed by atoms with Crippen molar-refractivity contribution in [3.63, 3.8) is 0 Å². The van der Waals surface area contributed by atoms with Crippen molar-refractivity contribution in [3.8, 4) is 17.5 Å². The predicted molar refractivity (Wildman–Crippen MR) is 152 cm³/mol. The van der Waals surface area contributed by atoms with Gasteiger partial charge in [0.15, 0.2) is 5.76 Å². The summed E-state index contributed by atoms with van der Waals surface area (Å²) >= 11 is 1.54. The Balaban J connectivity index is 1.30. The van der Waals surface area contributed by atoms with E-state index >= 15 is 0 Å². The first-order valence-electron chi connectivity index (χ1n) is 14.0. The van der Waals surface area contributed by atoms with E-state index in [1.165, 1.54) is 4.88 Å². The van der Waals surface area contributed by atoms with Crippen molar-refractivity contribution >= 4 is 28.4 Å². The summed E-state index contributed by atoms with van der Waals surface area (Å²) in [6, 6.07) is 4.27. The zero-order valence-electron chi connectivity index (χ0n) is 23.5. The highest BCUT2D eigenvalue weighted by molar-refractivity contribution is 7.16. The summed E-state index contributed by atoms with van der Waals surface area (Å²) in [5.41, 5.74) is 9.59. The van der Waals surface area contributed by atoms with Crippen LogP contribution in [0.4, 0.5) is 15.7 Å². The second-order valence-corrected chi connectivity index (χ2v) is 13.2. The van der Waals surface area contributed by atoms with Crippen LogP contribution in [0, 0.1) is 11.3 Å². The third kappa shape index (κ3) is 4.38. The van der Waals surface area contributed by atoms with Crippen LogP contribution >= 0.6 is 11.3 Å². The monoisotopic (exact) mass is 561 g/mol. The van der Waals surface area contributed by atoms with Crippen LogP contribution in [0.2, 0.25) is 0 Å². The number of amides is 1. The van der Waals surface area contributed by atoms with Crippen LogP contribution in [0.25, 0.3) is 11.4 Å². The molecule has 1 fully saturated rings. The van der Waals surface area contributed by atoms with Gasteiger partial charge in [0, 0.05) is 42.3 Å². The van der Waals surface area contributed by atoms with E-state index in [4.69, 9.17) is 20.0 Å². The molecule has 0 radical (unpaired) electrons. The van der Waals surface area contributed by atoms with Gasteiger partial charge in [0.1, 0.15) is 22.4 Å².